The molecule has 23 heavy (non-hydrogen) atoms. The summed E-state index contributed by atoms with van der Waals surface area (Å²) < 4.78 is 10.6. The molecule has 2 rings (SSSR count). The first kappa shape index (κ1) is 17.7. The Morgan fingerprint density at radius 3 is 2.83 bits per heavy atom. The summed E-state index contributed by atoms with van der Waals surface area (Å²) in [6, 6.07) is -0.839. The zero-order chi connectivity index (χ0) is 16.9. The van der Waals surface area contributed by atoms with Crippen LogP contribution >= 0.6 is 11.3 Å². The molecule has 0 saturated carbocycles. The van der Waals surface area contributed by atoms with Crippen molar-refractivity contribution in [1.29, 1.82) is 0 Å². The van der Waals surface area contributed by atoms with E-state index in [0.29, 0.717) is 32.0 Å². The van der Waals surface area contributed by atoms with Crippen LogP contribution in [0.2, 0.25) is 0 Å². The summed E-state index contributed by atoms with van der Waals surface area (Å²) in [5.74, 6) is -0.188. The van der Waals surface area contributed by atoms with Gasteiger partial charge in [-0.1, -0.05) is 0 Å². The average Bonchev–Trinajstić information content (AvgIpc) is 2.84. The minimum atomic E-state index is -0.839. The maximum atomic E-state index is 12.8. The molecule has 0 spiro atoms. The number of carbonyl (C=O) groups excluding carboxylic acids is 2. The molecule has 0 radical (unpaired) electrons. The predicted octanol–water partition coefficient (Wildman–Crippen LogP) is 1.96. The molecule has 128 valence electrons. The van der Waals surface area contributed by atoms with Crippen molar-refractivity contribution in [3.8, 4) is 0 Å². The van der Waals surface area contributed by atoms with Gasteiger partial charge in [-0.2, -0.15) is 0 Å². The fraction of sp³-hybridized carbons (Fsp3) is 0.667. The molecule has 1 aliphatic heterocycles. The predicted molar refractivity (Wildman–Crippen MR) is 86.2 cm³/mol. The Kier molecular flexibility index (Phi) is 5.95. The normalized spacial score (nSPS) is 17.3. The minimum Gasteiger partial charge on any atom is -0.444 e. The number of carbonyl (C=O) groups is 2. The second-order valence-electron chi connectivity index (χ2n) is 6.28. The Hall–Kier alpha value is -1.67. The van der Waals surface area contributed by atoms with Gasteiger partial charge < -0.3 is 19.7 Å². The molecule has 2 amide bonds. The van der Waals surface area contributed by atoms with Gasteiger partial charge in [0.2, 0.25) is 0 Å². The largest absolute Gasteiger partial charge is 0.444 e. The van der Waals surface area contributed by atoms with Crippen molar-refractivity contribution in [2.24, 2.45) is 0 Å². The molecule has 1 saturated heterocycles. The van der Waals surface area contributed by atoms with Crippen LogP contribution in [0.1, 0.15) is 38.9 Å². The van der Waals surface area contributed by atoms with Crippen molar-refractivity contribution in [3.05, 3.63) is 16.6 Å². The van der Waals surface area contributed by atoms with E-state index in [-0.39, 0.29) is 5.91 Å². The van der Waals surface area contributed by atoms with Crippen LogP contribution in [0.15, 0.2) is 10.9 Å². The number of thiazole rings is 1. The van der Waals surface area contributed by atoms with E-state index in [1.165, 1.54) is 11.3 Å². The van der Waals surface area contributed by atoms with E-state index in [0.717, 1.165) is 6.42 Å². The summed E-state index contributed by atoms with van der Waals surface area (Å²) in [5, 5.41) is 4.40. The van der Waals surface area contributed by atoms with Crippen molar-refractivity contribution in [1.82, 2.24) is 15.2 Å². The second kappa shape index (κ2) is 7.74. The lowest BCUT2D eigenvalue weighted by molar-refractivity contribution is -0.133. The van der Waals surface area contributed by atoms with Crippen molar-refractivity contribution in [2.75, 3.05) is 26.3 Å². The topological polar surface area (TPSA) is 80.8 Å². The number of hydrogen-bond donors (Lipinski definition) is 1. The standard InChI is InChI=1S/C15H23N3O4S/c1-15(2,3)22-14(20)17-12(11-9-23-10-16-11)13(19)18-5-4-7-21-8-6-18/h9-10,12H,4-8H2,1-3H3,(H,17,20)/t12-/m1/s1. The second-order valence-corrected chi connectivity index (χ2v) is 7.00. The van der Waals surface area contributed by atoms with Crippen LogP contribution < -0.4 is 5.32 Å². The van der Waals surface area contributed by atoms with Gasteiger partial charge in [-0.05, 0) is 27.2 Å². The molecule has 2 heterocycles. The molecule has 1 aromatic rings. The van der Waals surface area contributed by atoms with E-state index in [2.05, 4.69) is 10.3 Å². The van der Waals surface area contributed by atoms with Gasteiger partial charge >= 0.3 is 6.09 Å². The maximum Gasteiger partial charge on any atom is 0.408 e. The number of alkyl carbamates (subject to hydrolysis) is 1. The van der Waals surface area contributed by atoms with Crippen LogP contribution in [-0.2, 0) is 14.3 Å². The maximum absolute atomic E-state index is 12.8. The SMILES string of the molecule is CC(C)(C)OC(=O)N[C@@H](C(=O)N1CCCOCC1)c1cscn1. The molecule has 0 aliphatic carbocycles. The fourth-order valence-electron chi connectivity index (χ4n) is 2.20. The van der Waals surface area contributed by atoms with Crippen molar-refractivity contribution in [3.63, 3.8) is 0 Å². The third-order valence-electron chi connectivity index (χ3n) is 3.19. The van der Waals surface area contributed by atoms with Crippen molar-refractivity contribution >= 4 is 23.3 Å². The highest BCUT2D eigenvalue weighted by Crippen LogP contribution is 2.18. The Labute approximate surface area is 140 Å². The molecule has 1 aliphatic rings. The lowest BCUT2D eigenvalue weighted by Gasteiger charge is -2.27. The molecule has 1 fully saturated rings. The molecule has 0 bridgehead atoms. The zero-order valence-corrected chi connectivity index (χ0v) is 14.5. The van der Waals surface area contributed by atoms with Gasteiger partial charge in [0.1, 0.15) is 5.60 Å². The molecule has 1 aromatic heterocycles. The lowest BCUT2D eigenvalue weighted by Crippen LogP contribution is -2.45. The Bertz CT molecular complexity index is 519. The van der Waals surface area contributed by atoms with Gasteiger partial charge in [0, 0.05) is 25.1 Å². The van der Waals surface area contributed by atoms with Gasteiger partial charge in [-0.25, -0.2) is 9.78 Å². The molecule has 0 unspecified atom stereocenters. The first-order valence-electron chi connectivity index (χ1n) is 7.61. The number of rotatable bonds is 3. The van der Waals surface area contributed by atoms with Crippen LogP contribution in [0.3, 0.4) is 0 Å². The van der Waals surface area contributed by atoms with Gasteiger partial charge in [-0.3, -0.25) is 4.79 Å². The molecule has 0 aromatic carbocycles. The molecular weight excluding hydrogens is 318 g/mol. The number of aromatic nitrogens is 1. The fourth-order valence-corrected chi connectivity index (χ4v) is 2.78. The zero-order valence-electron chi connectivity index (χ0n) is 13.7. The molecular formula is C15H23N3O4S. The van der Waals surface area contributed by atoms with E-state index >= 15 is 0 Å². The first-order chi connectivity index (χ1) is 10.9. The first-order valence-corrected chi connectivity index (χ1v) is 8.55. The number of hydrogen-bond acceptors (Lipinski definition) is 6. The van der Waals surface area contributed by atoms with Gasteiger partial charge in [0.25, 0.3) is 5.91 Å². The Balaban J connectivity index is 2.11. The highest BCUT2D eigenvalue weighted by molar-refractivity contribution is 7.07. The highest BCUT2D eigenvalue weighted by Gasteiger charge is 2.31. The molecule has 8 heteroatoms. The summed E-state index contributed by atoms with van der Waals surface area (Å²) >= 11 is 1.38. The van der Waals surface area contributed by atoms with Crippen molar-refractivity contribution < 1.29 is 19.1 Å². The van der Waals surface area contributed by atoms with Crippen molar-refractivity contribution in [2.45, 2.75) is 38.8 Å². The van der Waals surface area contributed by atoms with Crippen LogP contribution in [0.25, 0.3) is 0 Å². The Morgan fingerprint density at radius 2 is 2.17 bits per heavy atom. The van der Waals surface area contributed by atoms with Crippen LogP contribution in [-0.4, -0.2) is 53.8 Å². The van der Waals surface area contributed by atoms with E-state index in [9.17, 15) is 9.59 Å². The highest BCUT2D eigenvalue weighted by atomic mass is 32.1. The third kappa shape index (κ3) is 5.47. The summed E-state index contributed by atoms with van der Waals surface area (Å²) in [4.78, 5) is 30.8. The molecule has 1 atom stereocenters. The van der Waals surface area contributed by atoms with Crippen LogP contribution in [0, 0.1) is 0 Å². The van der Waals surface area contributed by atoms with E-state index in [1.54, 1.807) is 36.6 Å². The third-order valence-corrected chi connectivity index (χ3v) is 3.79. The van der Waals surface area contributed by atoms with Gasteiger partial charge in [0.15, 0.2) is 6.04 Å². The minimum absolute atomic E-state index is 0.188. The van der Waals surface area contributed by atoms with Crippen LogP contribution in [0.4, 0.5) is 4.79 Å². The summed E-state index contributed by atoms with van der Waals surface area (Å²) in [5.41, 5.74) is 1.53. The van der Waals surface area contributed by atoms with E-state index < -0.39 is 17.7 Å². The summed E-state index contributed by atoms with van der Waals surface area (Å²) in [6.07, 6.45) is 0.150. The number of ether oxygens (including phenoxy) is 2. The Morgan fingerprint density at radius 1 is 1.39 bits per heavy atom. The van der Waals surface area contributed by atoms with Gasteiger partial charge in [0.05, 0.1) is 17.8 Å². The number of nitrogens with one attached hydrogen (secondary N) is 1. The average molecular weight is 341 g/mol. The molecule has 7 nitrogen and oxygen atoms in total. The van der Waals surface area contributed by atoms with Crippen LogP contribution in [0.5, 0.6) is 0 Å². The monoisotopic (exact) mass is 341 g/mol. The quantitative estimate of drug-likeness (QED) is 0.909. The number of amides is 2. The smallest absolute Gasteiger partial charge is 0.408 e. The number of nitrogens with zero attached hydrogens (tertiary/aromatic N) is 2. The lowest BCUT2D eigenvalue weighted by atomic mass is 10.2. The van der Waals surface area contributed by atoms with E-state index in [1.807, 2.05) is 0 Å². The molecule has 1 N–H and O–H groups in total. The summed E-state index contributed by atoms with van der Waals surface area (Å²) in [6.45, 7) is 7.59. The summed E-state index contributed by atoms with van der Waals surface area (Å²) in [7, 11) is 0. The van der Waals surface area contributed by atoms with E-state index in [4.69, 9.17) is 9.47 Å². The van der Waals surface area contributed by atoms with Gasteiger partial charge in [-0.15, -0.1) is 11.3 Å².